The molecule has 0 aliphatic heterocycles. The van der Waals surface area contributed by atoms with Gasteiger partial charge in [0.2, 0.25) is 10.0 Å². The molecule has 0 atom stereocenters. The van der Waals surface area contributed by atoms with E-state index >= 15 is 0 Å². The molecule has 6 nitrogen and oxygen atoms in total. The summed E-state index contributed by atoms with van der Waals surface area (Å²) in [6.07, 6.45) is -3.03. The van der Waals surface area contributed by atoms with E-state index in [1.165, 1.54) is 0 Å². The Morgan fingerprint density at radius 1 is 1.33 bits per heavy atom. The zero-order valence-electron chi connectivity index (χ0n) is 11.5. The molecule has 0 saturated heterocycles. The highest BCUT2D eigenvalue weighted by Crippen LogP contribution is 2.27. The minimum atomic E-state index is -4.38. The number of hydrogen-bond donors (Lipinski definition) is 2. The van der Waals surface area contributed by atoms with Gasteiger partial charge in [-0.3, -0.25) is 0 Å². The number of amidine groups is 1. The van der Waals surface area contributed by atoms with Crippen molar-refractivity contribution in [1.82, 2.24) is 4.31 Å². The monoisotopic (exact) mass is 331 g/mol. The van der Waals surface area contributed by atoms with Crippen molar-refractivity contribution < 1.29 is 26.8 Å². The van der Waals surface area contributed by atoms with Crippen molar-refractivity contribution in [2.24, 2.45) is 10.9 Å². The molecule has 21 heavy (non-hydrogen) atoms. The average Bonchev–Trinajstić information content (AvgIpc) is 2.86. The Morgan fingerprint density at radius 2 is 1.90 bits per heavy atom. The molecule has 124 valence electrons. The molecule has 3 N–H and O–H groups in total. The largest absolute Gasteiger partial charge is 0.409 e. The number of sulfonamides is 1. The maximum atomic E-state index is 12.2. The van der Waals surface area contributed by atoms with Crippen molar-refractivity contribution in [2.45, 2.75) is 50.7 Å². The van der Waals surface area contributed by atoms with E-state index in [-0.39, 0.29) is 18.4 Å². The van der Waals surface area contributed by atoms with Crippen LogP contribution in [-0.4, -0.2) is 48.3 Å². The molecule has 1 saturated carbocycles. The SMILES string of the molecule is NC(CN(C1CCCC1)S(=O)(=O)CCCC(F)(F)F)=NO. The van der Waals surface area contributed by atoms with Gasteiger partial charge in [-0.25, -0.2) is 8.42 Å². The van der Waals surface area contributed by atoms with Crippen molar-refractivity contribution in [1.29, 1.82) is 0 Å². The van der Waals surface area contributed by atoms with Gasteiger partial charge in [0.1, 0.15) is 0 Å². The lowest BCUT2D eigenvalue weighted by Crippen LogP contribution is -2.45. The van der Waals surface area contributed by atoms with Gasteiger partial charge in [0.05, 0.1) is 12.3 Å². The van der Waals surface area contributed by atoms with Crippen molar-refractivity contribution in [3.05, 3.63) is 0 Å². The van der Waals surface area contributed by atoms with E-state index in [9.17, 15) is 21.6 Å². The molecule has 0 radical (unpaired) electrons. The van der Waals surface area contributed by atoms with Crippen LogP contribution in [0, 0.1) is 0 Å². The number of rotatable bonds is 7. The summed E-state index contributed by atoms with van der Waals surface area (Å²) in [5.41, 5.74) is 5.35. The molecule has 10 heteroatoms. The van der Waals surface area contributed by atoms with Gasteiger partial charge in [-0.05, 0) is 19.3 Å². The summed E-state index contributed by atoms with van der Waals surface area (Å²) in [5.74, 6) is -0.872. The molecule has 0 heterocycles. The molecule has 1 aliphatic rings. The van der Waals surface area contributed by atoms with E-state index in [1.54, 1.807) is 0 Å². The Hall–Kier alpha value is -1.03. The van der Waals surface area contributed by atoms with Crippen molar-refractivity contribution in [3.8, 4) is 0 Å². The molecule has 0 amide bonds. The van der Waals surface area contributed by atoms with Crippen LogP contribution in [0.3, 0.4) is 0 Å². The second-order valence-electron chi connectivity index (χ2n) is 5.11. The molecule has 1 rings (SSSR count). The van der Waals surface area contributed by atoms with E-state index < -0.39 is 34.8 Å². The van der Waals surface area contributed by atoms with Crippen LogP contribution in [0.1, 0.15) is 38.5 Å². The summed E-state index contributed by atoms with van der Waals surface area (Å²) in [6.45, 7) is -0.296. The van der Waals surface area contributed by atoms with Gasteiger partial charge in [-0.1, -0.05) is 18.0 Å². The van der Waals surface area contributed by atoms with Crippen LogP contribution >= 0.6 is 0 Å². The summed E-state index contributed by atoms with van der Waals surface area (Å²) in [6, 6.07) is -0.291. The zero-order valence-corrected chi connectivity index (χ0v) is 12.3. The quantitative estimate of drug-likeness (QED) is 0.321. The standard InChI is InChI=1S/C11H20F3N3O3S/c12-11(13,14)6-3-7-21(19,20)17(8-10(15)16-18)9-4-1-2-5-9/h9,18H,1-8H2,(H2,15,16). The van der Waals surface area contributed by atoms with E-state index in [4.69, 9.17) is 10.9 Å². The number of nitrogens with two attached hydrogens (primary N) is 1. The van der Waals surface area contributed by atoms with E-state index in [0.717, 1.165) is 17.1 Å². The van der Waals surface area contributed by atoms with Crippen LogP contribution in [0.2, 0.25) is 0 Å². The van der Waals surface area contributed by atoms with Crippen LogP contribution in [0.4, 0.5) is 13.2 Å². The number of alkyl halides is 3. The van der Waals surface area contributed by atoms with Crippen LogP contribution < -0.4 is 5.73 Å². The predicted octanol–water partition coefficient (Wildman–Crippen LogP) is 1.65. The number of halogens is 3. The van der Waals surface area contributed by atoms with Crippen LogP contribution in [0.25, 0.3) is 0 Å². The van der Waals surface area contributed by atoms with E-state index in [0.29, 0.717) is 12.8 Å². The van der Waals surface area contributed by atoms with Gasteiger partial charge in [0, 0.05) is 12.5 Å². The fraction of sp³-hybridized carbons (Fsp3) is 0.909. The highest BCUT2D eigenvalue weighted by atomic mass is 32.2. The lowest BCUT2D eigenvalue weighted by molar-refractivity contribution is -0.134. The third kappa shape index (κ3) is 6.08. The Kier molecular flexibility index (Phi) is 6.26. The first-order chi connectivity index (χ1) is 9.65. The summed E-state index contributed by atoms with van der Waals surface area (Å²) in [7, 11) is -3.87. The third-order valence-electron chi connectivity index (χ3n) is 3.40. The number of nitrogens with zero attached hydrogens (tertiary/aromatic N) is 2. The minimum absolute atomic E-state index is 0.277. The molecule has 1 aliphatic carbocycles. The second kappa shape index (κ2) is 7.30. The predicted molar refractivity (Wildman–Crippen MR) is 71.4 cm³/mol. The first kappa shape index (κ1) is 18.0. The van der Waals surface area contributed by atoms with E-state index in [2.05, 4.69) is 5.16 Å². The molecule has 0 unspecified atom stereocenters. The molecular weight excluding hydrogens is 311 g/mol. The average molecular weight is 331 g/mol. The van der Waals surface area contributed by atoms with Gasteiger partial charge >= 0.3 is 6.18 Å². The van der Waals surface area contributed by atoms with E-state index in [1.807, 2.05) is 0 Å². The Labute approximate surface area is 121 Å². The van der Waals surface area contributed by atoms with Gasteiger partial charge in [-0.15, -0.1) is 0 Å². The summed E-state index contributed by atoms with van der Waals surface area (Å²) >= 11 is 0. The van der Waals surface area contributed by atoms with Crippen LogP contribution in [0.5, 0.6) is 0 Å². The van der Waals surface area contributed by atoms with Crippen molar-refractivity contribution >= 4 is 15.9 Å². The Balaban J connectivity index is 2.75. The fourth-order valence-corrected chi connectivity index (χ4v) is 4.15. The van der Waals surface area contributed by atoms with Gasteiger partial charge in [0.25, 0.3) is 0 Å². The smallest absolute Gasteiger partial charge is 0.389 e. The van der Waals surface area contributed by atoms with Gasteiger partial charge < -0.3 is 10.9 Å². The Bertz CT molecular complexity index is 459. The third-order valence-corrected chi connectivity index (χ3v) is 5.34. The first-order valence-electron chi connectivity index (χ1n) is 6.68. The number of oxime groups is 1. The lowest BCUT2D eigenvalue weighted by Gasteiger charge is -2.27. The molecule has 0 aromatic heterocycles. The molecule has 0 aromatic rings. The zero-order chi connectivity index (χ0) is 16.1. The van der Waals surface area contributed by atoms with Gasteiger partial charge in [0.15, 0.2) is 5.84 Å². The maximum Gasteiger partial charge on any atom is 0.389 e. The molecule has 1 fully saturated rings. The summed E-state index contributed by atoms with van der Waals surface area (Å²) < 4.78 is 61.9. The highest BCUT2D eigenvalue weighted by Gasteiger charge is 2.34. The first-order valence-corrected chi connectivity index (χ1v) is 8.29. The van der Waals surface area contributed by atoms with Crippen LogP contribution in [-0.2, 0) is 10.0 Å². The minimum Gasteiger partial charge on any atom is -0.409 e. The summed E-state index contributed by atoms with van der Waals surface area (Å²) in [5, 5.41) is 11.3. The lowest BCUT2D eigenvalue weighted by atomic mass is 10.2. The van der Waals surface area contributed by atoms with Crippen LogP contribution in [0.15, 0.2) is 5.16 Å². The molecular formula is C11H20F3N3O3S. The van der Waals surface area contributed by atoms with Gasteiger partial charge in [-0.2, -0.15) is 17.5 Å². The maximum absolute atomic E-state index is 12.2. The summed E-state index contributed by atoms with van der Waals surface area (Å²) in [4.78, 5) is 0. The second-order valence-corrected chi connectivity index (χ2v) is 7.15. The molecule has 0 bridgehead atoms. The van der Waals surface area contributed by atoms with Crippen molar-refractivity contribution in [2.75, 3.05) is 12.3 Å². The highest BCUT2D eigenvalue weighted by molar-refractivity contribution is 7.89. The molecule has 0 spiro atoms. The Morgan fingerprint density at radius 3 is 2.38 bits per heavy atom. The normalized spacial score (nSPS) is 18.6. The molecule has 0 aromatic carbocycles. The van der Waals surface area contributed by atoms with Crippen molar-refractivity contribution in [3.63, 3.8) is 0 Å². The number of hydrogen-bond acceptors (Lipinski definition) is 4. The fourth-order valence-electron chi connectivity index (χ4n) is 2.41. The topological polar surface area (TPSA) is 96.0 Å².